The summed E-state index contributed by atoms with van der Waals surface area (Å²) < 4.78 is 0. The molecule has 1 aliphatic carbocycles. The second kappa shape index (κ2) is 5.13. The molecule has 0 aromatic heterocycles. The first-order valence-corrected chi connectivity index (χ1v) is 4.98. The SMILES string of the molecule is C=CCCC1CCCCCC1=O. The summed E-state index contributed by atoms with van der Waals surface area (Å²) in [6, 6.07) is 0. The van der Waals surface area contributed by atoms with Crippen LogP contribution in [-0.4, -0.2) is 5.78 Å². The molecule has 12 heavy (non-hydrogen) atoms. The van der Waals surface area contributed by atoms with Crippen molar-refractivity contribution in [3.05, 3.63) is 12.7 Å². The van der Waals surface area contributed by atoms with Crippen LogP contribution in [-0.2, 0) is 4.79 Å². The fourth-order valence-corrected chi connectivity index (χ4v) is 1.86. The second-order valence-electron chi connectivity index (χ2n) is 3.63. The lowest BCUT2D eigenvalue weighted by atomic mass is 9.94. The third kappa shape index (κ3) is 2.80. The highest BCUT2D eigenvalue weighted by Gasteiger charge is 2.19. The minimum Gasteiger partial charge on any atom is -0.299 e. The number of Topliss-reactive ketones (excluding diaryl/α,β-unsaturated/α-hetero) is 1. The maximum Gasteiger partial charge on any atom is 0.135 e. The molecule has 0 amide bonds. The summed E-state index contributed by atoms with van der Waals surface area (Å²) in [6.45, 7) is 3.68. The average Bonchev–Trinajstić information content (AvgIpc) is 2.27. The molecule has 0 saturated heterocycles. The van der Waals surface area contributed by atoms with Gasteiger partial charge in [0.05, 0.1) is 0 Å². The van der Waals surface area contributed by atoms with E-state index in [9.17, 15) is 4.79 Å². The molecular formula is C11H18O. The van der Waals surface area contributed by atoms with E-state index in [1.165, 1.54) is 12.8 Å². The number of hydrogen-bond acceptors (Lipinski definition) is 1. The van der Waals surface area contributed by atoms with Crippen molar-refractivity contribution in [3.63, 3.8) is 0 Å². The highest BCUT2D eigenvalue weighted by atomic mass is 16.1. The Morgan fingerprint density at radius 3 is 3.00 bits per heavy atom. The van der Waals surface area contributed by atoms with E-state index in [0.29, 0.717) is 11.7 Å². The summed E-state index contributed by atoms with van der Waals surface area (Å²) >= 11 is 0. The lowest BCUT2D eigenvalue weighted by Gasteiger charge is -2.10. The van der Waals surface area contributed by atoms with E-state index in [2.05, 4.69) is 6.58 Å². The maximum absolute atomic E-state index is 11.5. The zero-order valence-electron chi connectivity index (χ0n) is 7.72. The summed E-state index contributed by atoms with van der Waals surface area (Å²) in [6.07, 6.45) is 9.48. The van der Waals surface area contributed by atoms with Gasteiger partial charge in [-0.1, -0.05) is 18.9 Å². The Labute approximate surface area is 74.9 Å². The van der Waals surface area contributed by atoms with Crippen LogP contribution in [0.5, 0.6) is 0 Å². The molecule has 1 heteroatoms. The third-order valence-electron chi connectivity index (χ3n) is 2.65. The molecule has 1 rings (SSSR count). The highest BCUT2D eigenvalue weighted by Crippen LogP contribution is 2.23. The van der Waals surface area contributed by atoms with Crippen molar-refractivity contribution in [2.24, 2.45) is 5.92 Å². The quantitative estimate of drug-likeness (QED) is 0.465. The number of carbonyl (C=O) groups excluding carboxylic acids is 1. The van der Waals surface area contributed by atoms with Gasteiger partial charge in [-0.3, -0.25) is 4.79 Å². The monoisotopic (exact) mass is 166 g/mol. The number of allylic oxidation sites excluding steroid dienone is 1. The van der Waals surface area contributed by atoms with Gasteiger partial charge in [-0.05, 0) is 25.7 Å². The molecule has 1 atom stereocenters. The van der Waals surface area contributed by atoms with Crippen molar-refractivity contribution in [1.82, 2.24) is 0 Å². The highest BCUT2D eigenvalue weighted by molar-refractivity contribution is 5.81. The summed E-state index contributed by atoms with van der Waals surface area (Å²) in [5.74, 6) is 0.847. The minimum absolute atomic E-state index is 0.352. The molecule has 0 aromatic carbocycles. The van der Waals surface area contributed by atoms with Gasteiger partial charge in [0.1, 0.15) is 5.78 Å². The van der Waals surface area contributed by atoms with Crippen LogP contribution in [0.3, 0.4) is 0 Å². The molecule has 0 N–H and O–H groups in total. The molecule has 0 spiro atoms. The van der Waals surface area contributed by atoms with E-state index in [1.807, 2.05) is 6.08 Å². The number of ketones is 1. The van der Waals surface area contributed by atoms with Gasteiger partial charge in [0.2, 0.25) is 0 Å². The molecule has 0 bridgehead atoms. The van der Waals surface area contributed by atoms with Gasteiger partial charge in [-0.15, -0.1) is 6.58 Å². The second-order valence-corrected chi connectivity index (χ2v) is 3.63. The van der Waals surface area contributed by atoms with E-state index in [-0.39, 0.29) is 0 Å². The van der Waals surface area contributed by atoms with Gasteiger partial charge in [0.25, 0.3) is 0 Å². The predicted molar refractivity (Wildman–Crippen MR) is 51.0 cm³/mol. The Morgan fingerprint density at radius 1 is 1.42 bits per heavy atom. The zero-order chi connectivity index (χ0) is 8.81. The van der Waals surface area contributed by atoms with Crippen LogP contribution in [0.4, 0.5) is 0 Å². The van der Waals surface area contributed by atoms with Crippen molar-refractivity contribution in [2.45, 2.75) is 44.9 Å². The Balaban J connectivity index is 2.36. The van der Waals surface area contributed by atoms with Gasteiger partial charge in [-0.2, -0.15) is 0 Å². The molecule has 0 heterocycles. The Morgan fingerprint density at radius 2 is 2.25 bits per heavy atom. The Bertz CT molecular complexity index is 160. The molecule has 0 radical (unpaired) electrons. The smallest absolute Gasteiger partial charge is 0.135 e. The summed E-state index contributed by atoms with van der Waals surface area (Å²) in [7, 11) is 0. The first kappa shape index (κ1) is 9.50. The zero-order valence-corrected chi connectivity index (χ0v) is 7.72. The van der Waals surface area contributed by atoms with Crippen molar-refractivity contribution >= 4 is 5.78 Å². The van der Waals surface area contributed by atoms with Crippen LogP contribution in [0.1, 0.15) is 44.9 Å². The summed E-state index contributed by atoms with van der Waals surface area (Å²) in [4.78, 5) is 11.5. The van der Waals surface area contributed by atoms with E-state index in [1.54, 1.807) is 0 Å². The molecule has 1 aliphatic rings. The number of rotatable bonds is 3. The number of hydrogen-bond donors (Lipinski definition) is 0. The Kier molecular flexibility index (Phi) is 4.06. The first-order chi connectivity index (χ1) is 5.84. The van der Waals surface area contributed by atoms with E-state index >= 15 is 0 Å². The van der Waals surface area contributed by atoms with Gasteiger partial charge < -0.3 is 0 Å². The average molecular weight is 166 g/mol. The molecule has 1 saturated carbocycles. The molecule has 0 aromatic rings. The molecule has 1 fully saturated rings. The predicted octanol–water partition coefficient (Wildman–Crippen LogP) is 3.10. The van der Waals surface area contributed by atoms with Crippen LogP contribution >= 0.6 is 0 Å². The lowest BCUT2D eigenvalue weighted by molar-refractivity contribution is -0.122. The first-order valence-electron chi connectivity index (χ1n) is 4.98. The lowest BCUT2D eigenvalue weighted by Crippen LogP contribution is -2.11. The van der Waals surface area contributed by atoms with Crippen LogP contribution in [0.2, 0.25) is 0 Å². The van der Waals surface area contributed by atoms with Gasteiger partial charge in [-0.25, -0.2) is 0 Å². The van der Waals surface area contributed by atoms with Crippen molar-refractivity contribution in [3.8, 4) is 0 Å². The van der Waals surface area contributed by atoms with Crippen molar-refractivity contribution in [2.75, 3.05) is 0 Å². The van der Waals surface area contributed by atoms with Crippen LogP contribution in [0, 0.1) is 5.92 Å². The topological polar surface area (TPSA) is 17.1 Å². The van der Waals surface area contributed by atoms with Gasteiger partial charge in [0, 0.05) is 12.3 Å². The van der Waals surface area contributed by atoms with Crippen LogP contribution in [0.15, 0.2) is 12.7 Å². The molecular weight excluding hydrogens is 148 g/mol. The molecule has 1 nitrogen and oxygen atoms in total. The normalized spacial score (nSPS) is 25.0. The largest absolute Gasteiger partial charge is 0.299 e. The van der Waals surface area contributed by atoms with E-state index in [0.717, 1.165) is 32.1 Å². The summed E-state index contributed by atoms with van der Waals surface area (Å²) in [5, 5.41) is 0. The molecule has 68 valence electrons. The van der Waals surface area contributed by atoms with Gasteiger partial charge in [0.15, 0.2) is 0 Å². The molecule has 1 unspecified atom stereocenters. The maximum atomic E-state index is 11.5. The Hall–Kier alpha value is -0.590. The summed E-state index contributed by atoms with van der Waals surface area (Å²) in [5.41, 5.74) is 0. The van der Waals surface area contributed by atoms with E-state index in [4.69, 9.17) is 0 Å². The van der Waals surface area contributed by atoms with Crippen LogP contribution < -0.4 is 0 Å². The third-order valence-corrected chi connectivity index (χ3v) is 2.65. The number of carbonyl (C=O) groups is 1. The minimum atomic E-state index is 0.352. The fraction of sp³-hybridized carbons (Fsp3) is 0.727. The van der Waals surface area contributed by atoms with Crippen molar-refractivity contribution in [1.29, 1.82) is 0 Å². The van der Waals surface area contributed by atoms with E-state index < -0.39 is 0 Å². The van der Waals surface area contributed by atoms with Crippen LogP contribution in [0.25, 0.3) is 0 Å². The standard InChI is InChI=1S/C11H18O/c1-2-3-7-10-8-5-4-6-9-11(10)12/h2,10H,1,3-9H2. The molecule has 0 aliphatic heterocycles. The fourth-order valence-electron chi connectivity index (χ4n) is 1.86. The van der Waals surface area contributed by atoms with Crippen molar-refractivity contribution < 1.29 is 4.79 Å². The van der Waals surface area contributed by atoms with Gasteiger partial charge >= 0.3 is 0 Å².